The van der Waals surface area contributed by atoms with Gasteiger partial charge in [0.2, 0.25) is 0 Å². The molecular formula is C13H17NO4S. The van der Waals surface area contributed by atoms with Crippen molar-refractivity contribution in [3.05, 3.63) is 21.4 Å². The summed E-state index contributed by atoms with van der Waals surface area (Å²) >= 11 is 1.42. The fraction of sp³-hybridized carbons (Fsp3) is 0.538. The zero-order valence-electron chi connectivity index (χ0n) is 10.7. The minimum absolute atomic E-state index is 0.423. The number of aliphatic hydroxyl groups is 1. The normalized spacial score (nSPS) is 17.4. The maximum atomic E-state index is 12.0. The highest BCUT2D eigenvalue weighted by atomic mass is 32.1. The standard InChI is InChI=1S/C13H17NO4S/c1-7(15)11(13(17)18)14-12(16)10-6-8-4-2-3-5-9(8)19-10/h6-7,11,15H,2-5H2,1H3,(H,14,16)(H,17,18). The topological polar surface area (TPSA) is 86.6 Å². The van der Waals surface area contributed by atoms with E-state index in [-0.39, 0.29) is 0 Å². The molecule has 6 heteroatoms. The molecule has 0 aromatic carbocycles. The lowest BCUT2D eigenvalue weighted by molar-refractivity contribution is -0.141. The lowest BCUT2D eigenvalue weighted by atomic mass is 9.99. The number of hydrogen-bond donors (Lipinski definition) is 3. The number of aliphatic carboxylic acids is 1. The predicted octanol–water partition coefficient (Wildman–Crippen LogP) is 1.19. The number of carboxylic acids is 1. The Labute approximate surface area is 115 Å². The second-order valence-corrected chi connectivity index (χ2v) is 5.93. The van der Waals surface area contributed by atoms with Crippen LogP contribution in [0.2, 0.25) is 0 Å². The van der Waals surface area contributed by atoms with Crippen molar-refractivity contribution in [1.29, 1.82) is 0 Å². The van der Waals surface area contributed by atoms with Crippen LogP contribution < -0.4 is 5.32 Å². The molecule has 1 aromatic heterocycles. The predicted molar refractivity (Wildman–Crippen MR) is 71.5 cm³/mol. The van der Waals surface area contributed by atoms with Crippen molar-refractivity contribution in [3.63, 3.8) is 0 Å². The number of carbonyl (C=O) groups excluding carboxylic acids is 1. The molecule has 19 heavy (non-hydrogen) atoms. The van der Waals surface area contributed by atoms with Crippen molar-refractivity contribution < 1.29 is 19.8 Å². The molecular weight excluding hydrogens is 266 g/mol. The van der Waals surface area contributed by atoms with E-state index in [1.165, 1.54) is 28.7 Å². The fourth-order valence-electron chi connectivity index (χ4n) is 2.20. The SMILES string of the molecule is CC(O)C(NC(=O)c1cc2c(s1)CCCC2)C(=O)O. The third-order valence-corrected chi connectivity index (χ3v) is 4.49. The van der Waals surface area contributed by atoms with Crippen molar-refractivity contribution in [2.75, 3.05) is 0 Å². The summed E-state index contributed by atoms with van der Waals surface area (Å²) in [5.41, 5.74) is 1.20. The van der Waals surface area contributed by atoms with Gasteiger partial charge in [0.15, 0.2) is 6.04 Å². The van der Waals surface area contributed by atoms with Gasteiger partial charge in [-0.3, -0.25) is 4.79 Å². The fourth-order valence-corrected chi connectivity index (χ4v) is 3.36. The van der Waals surface area contributed by atoms with Gasteiger partial charge in [-0.15, -0.1) is 11.3 Å². The second-order valence-electron chi connectivity index (χ2n) is 4.80. The van der Waals surface area contributed by atoms with Crippen molar-refractivity contribution in [1.82, 2.24) is 5.32 Å². The van der Waals surface area contributed by atoms with E-state index in [1.54, 1.807) is 0 Å². The molecule has 3 N–H and O–H groups in total. The van der Waals surface area contributed by atoms with Crippen LogP contribution >= 0.6 is 11.3 Å². The zero-order valence-corrected chi connectivity index (χ0v) is 11.5. The van der Waals surface area contributed by atoms with E-state index in [2.05, 4.69) is 5.32 Å². The Morgan fingerprint density at radius 1 is 1.37 bits per heavy atom. The quantitative estimate of drug-likeness (QED) is 0.774. The van der Waals surface area contributed by atoms with Gasteiger partial charge in [0.25, 0.3) is 5.91 Å². The number of amides is 1. The van der Waals surface area contributed by atoms with Gasteiger partial charge in [0.05, 0.1) is 11.0 Å². The van der Waals surface area contributed by atoms with Gasteiger partial charge in [-0.25, -0.2) is 4.79 Å². The number of hydrogen-bond acceptors (Lipinski definition) is 4. The first-order chi connectivity index (χ1) is 8.99. The summed E-state index contributed by atoms with van der Waals surface area (Å²) in [5.74, 6) is -1.66. The molecule has 0 bridgehead atoms. The Bertz CT molecular complexity index is 471. The first-order valence-corrected chi connectivity index (χ1v) is 7.14. The molecule has 0 spiro atoms. The van der Waals surface area contributed by atoms with E-state index >= 15 is 0 Å². The minimum atomic E-state index is -1.27. The molecule has 0 fully saturated rings. The molecule has 2 atom stereocenters. The summed E-state index contributed by atoms with van der Waals surface area (Å²) in [6, 6.07) is 0.571. The lowest BCUT2D eigenvalue weighted by Crippen LogP contribution is -2.47. The molecule has 1 aromatic rings. The molecule has 2 unspecified atom stereocenters. The highest BCUT2D eigenvalue weighted by molar-refractivity contribution is 7.14. The number of aryl methyl sites for hydroxylation is 2. The molecule has 5 nitrogen and oxygen atoms in total. The Morgan fingerprint density at radius 3 is 2.63 bits per heavy atom. The maximum Gasteiger partial charge on any atom is 0.328 e. The molecule has 0 aliphatic heterocycles. The number of fused-ring (bicyclic) bond motifs is 1. The monoisotopic (exact) mass is 283 g/mol. The van der Waals surface area contributed by atoms with Gasteiger partial charge in [-0.1, -0.05) is 0 Å². The summed E-state index contributed by atoms with van der Waals surface area (Å²) in [7, 11) is 0. The van der Waals surface area contributed by atoms with E-state index in [0.29, 0.717) is 4.88 Å². The first-order valence-electron chi connectivity index (χ1n) is 6.32. The largest absolute Gasteiger partial charge is 0.480 e. The van der Waals surface area contributed by atoms with Crippen LogP contribution in [0.3, 0.4) is 0 Å². The van der Waals surface area contributed by atoms with Crippen LogP contribution in [0, 0.1) is 0 Å². The Kier molecular flexibility index (Phi) is 4.21. The lowest BCUT2D eigenvalue weighted by Gasteiger charge is -2.16. The minimum Gasteiger partial charge on any atom is -0.480 e. The van der Waals surface area contributed by atoms with Crippen LogP contribution in [-0.4, -0.2) is 34.2 Å². The number of aliphatic hydroxyl groups excluding tert-OH is 1. The van der Waals surface area contributed by atoms with Gasteiger partial charge < -0.3 is 15.5 Å². The van der Waals surface area contributed by atoms with Crippen molar-refractivity contribution >= 4 is 23.2 Å². The second kappa shape index (κ2) is 5.71. The van der Waals surface area contributed by atoms with Gasteiger partial charge in [-0.2, -0.15) is 0 Å². The van der Waals surface area contributed by atoms with E-state index in [9.17, 15) is 14.7 Å². The number of carboxylic acid groups (broad SMARTS) is 1. The molecule has 2 rings (SSSR count). The van der Waals surface area contributed by atoms with E-state index in [4.69, 9.17) is 5.11 Å². The summed E-state index contributed by atoms with van der Waals surface area (Å²) in [5, 5.41) is 20.6. The smallest absolute Gasteiger partial charge is 0.328 e. The molecule has 1 heterocycles. The van der Waals surface area contributed by atoms with Crippen LogP contribution in [0.4, 0.5) is 0 Å². The summed E-state index contributed by atoms with van der Waals surface area (Å²) in [6.07, 6.45) is 3.12. The van der Waals surface area contributed by atoms with E-state index < -0.39 is 24.0 Å². The summed E-state index contributed by atoms with van der Waals surface area (Å²) < 4.78 is 0. The molecule has 0 saturated heterocycles. The molecule has 1 aliphatic rings. The molecule has 0 saturated carbocycles. The number of nitrogens with one attached hydrogen (secondary N) is 1. The Balaban J connectivity index is 2.11. The van der Waals surface area contributed by atoms with E-state index in [1.807, 2.05) is 6.07 Å². The number of rotatable bonds is 4. The molecule has 1 aliphatic carbocycles. The number of thiophene rings is 1. The average Bonchev–Trinajstić information content (AvgIpc) is 2.78. The zero-order chi connectivity index (χ0) is 14.0. The number of carbonyl (C=O) groups is 2. The van der Waals surface area contributed by atoms with Crippen LogP contribution in [-0.2, 0) is 17.6 Å². The van der Waals surface area contributed by atoms with Crippen molar-refractivity contribution in [2.24, 2.45) is 0 Å². The van der Waals surface area contributed by atoms with E-state index in [0.717, 1.165) is 25.7 Å². The highest BCUT2D eigenvalue weighted by Gasteiger charge is 2.26. The van der Waals surface area contributed by atoms with Crippen LogP contribution in [0.1, 0.15) is 39.9 Å². The summed E-state index contributed by atoms with van der Waals surface area (Å²) in [4.78, 5) is 24.7. The van der Waals surface area contributed by atoms with Gasteiger partial charge in [0.1, 0.15) is 0 Å². The van der Waals surface area contributed by atoms with Gasteiger partial charge >= 0.3 is 5.97 Å². The highest BCUT2D eigenvalue weighted by Crippen LogP contribution is 2.29. The van der Waals surface area contributed by atoms with Crippen LogP contribution in [0.5, 0.6) is 0 Å². The Morgan fingerprint density at radius 2 is 2.05 bits per heavy atom. The molecule has 0 radical (unpaired) electrons. The van der Waals surface area contributed by atoms with Crippen molar-refractivity contribution in [2.45, 2.75) is 44.8 Å². The summed E-state index contributed by atoms with van der Waals surface area (Å²) in [6.45, 7) is 1.35. The first kappa shape index (κ1) is 14.0. The van der Waals surface area contributed by atoms with Crippen LogP contribution in [0.15, 0.2) is 6.07 Å². The van der Waals surface area contributed by atoms with Gasteiger partial charge in [0, 0.05) is 4.88 Å². The third-order valence-electron chi connectivity index (χ3n) is 3.26. The molecule has 1 amide bonds. The maximum absolute atomic E-state index is 12.0. The average molecular weight is 283 g/mol. The Hall–Kier alpha value is -1.40. The molecule has 104 valence electrons. The van der Waals surface area contributed by atoms with Crippen LogP contribution in [0.25, 0.3) is 0 Å². The van der Waals surface area contributed by atoms with Crippen molar-refractivity contribution in [3.8, 4) is 0 Å². The third kappa shape index (κ3) is 3.13. The van der Waals surface area contributed by atoms with Gasteiger partial charge in [-0.05, 0) is 44.2 Å².